The predicted octanol–water partition coefficient (Wildman–Crippen LogP) is 3.49. The highest BCUT2D eigenvalue weighted by Gasteiger charge is 2.22. The fourth-order valence-corrected chi connectivity index (χ4v) is 4.02. The van der Waals surface area contributed by atoms with E-state index in [-0.39, 0.29) is 22.0 Å². The van der Waals surface area contributed by atoms with Crippen LogP contribution >= 0.6 is 0 Å². The SMILES string of the molecule is COc1ccc(C=O)cc1OS(=O)(=O)c1cccc2c(N(C)C)cccc12. The lowest BCUT2D eigenvalue weighted by Gasteiger charge is -2.17. The summed E-state index contributed by atoms with van der Waals surface area (Å²) in [5, 5.41) is 1.34. The molecule has 3 aromatic carbocycles. The van der Waals surface area contributed by atoms with Gasteiger partial charge in [0.2, 0.25) is 0 Å². The number of hydrogen-bond acceptors (Lipinski definition) is 6. The van der Waals surface area contributed by atoms with Gasteiger partial charge in [-0.3, -0.25) is 4.79 Å². The van der Waals surface area contributed by atoms with Crippen molar-refractivity contribution in [3.63, 3.8) is 0 Å². The first-order valence-corrected chi connectivity index (χ1v) is 9.55. The summed E-state index contributed by atoms with van der Waals surface area (Å²) < 4.78 is 36.5. The van der Waals surface area contributed by atoms with E-state index in [1.165, 1.54) is 31.4 Å². The van der Waals surface area contributed by atoms with Crippen LogP contribution in [0.4, 0.5) is 5.69 Å². The number of ether oxygens (including phenoxy) is 1. The fraction of sp³-hybridized carbons (Fsp3) is 0.150. The van der Waals surface area contributed by atoms with Gasteiger partial charge in [0.1, 0.15) is 11.2 Å². The molecular formula is C20H19NO5S. The quantitative estimate of drug-likeness (QED) is 0.478. The number of hydrogen-bond donors (Lipinski definition) is 0. The number of benzene rings is 3. The third-order valence-electron chi connectivity index (χ3n) is 4.13. The van der Waals surface area contributed by atoms with Gasteiger partial charge >= 0.3 is 10.1 Å². The summed E-state index contributed by atoms with van der Waals surface area (Å²) in [5.41, 5.74) is 1.18. The van der Waals surface area contributed by atoms with Crippen LogP contribution in [-0.2, 0) is 10.1 Å². The van der Waals surface area contributed by atoms with Crippen LogP contribution in [0, 0.1) is 0 Å². The highest BCUT2D eigenvalue weighted by Crippen LogP contribution is 2.34. The Hall–Kier alpha value is -3.06. The van der Waals surface area contributed by atoms with Crippen LogP contribution in [0.25, 0.3) is 10.8 Å². The molecule has 0 aromatic heterocycles. The van der Waals surface area contributed by atoms with Crippen LogP contribution in [-0.4, -0.2) is 35.9 Å². The van der Waals surface area contributed by atoms with E-state index in [2.05, 4.69) is 0 Å². The van der Waals surface area contributed by atoms with Crippen LogP contribution < -0.4 is 13.8 Å². The Bertz CT molecular complexity index is 1110. The van der Waals surface area contributed by atoms with Gasteiger partial charge in [0, 0.05) is 36.1 Å². The van der Waals surface area contributed by atoms with Crippen molar-refractivity contribution in [1.29, 1.82) is 0 Å². The molecule has 3 aromatic rings. The lowest BCUT2D eigenvalue weighted by molar-refractivity contribution is 0.112. The lowest BCUT2D eigenvalue weighted by atomic mass is 10.1. The van der Waals surface area contributed by atoms with Gasteiger partial charge in [-0.15, -0.1) is 0 Å². The molecule has 0 aliphatic heterocycles. The largest absolute Gasteiger partial charge is 0.493 e. The highest BCUT2D eigenvalue weighted by molar-refractivity contribution is 7.87. The molecule has 0 fully saturated rings. The van der Waals surface area contributed by atoms with E-state index >= 15 is 0 Å². The minimum Gasteiger partial charge on any atom is -0.493 e. The molecule has 0 radical (unpaired) electrons. The fourth-order valence-electron chi connectivity index (χ4n) is 2.87. The molecule has 0 heterocycles. The van der Waals surface area contributed by atoms with Crippen LogP contribution in [0.15, 0.2) is 59.5 Å². The van der Waals surface area contributed by atoms with E-state index in [0.29, 0.717) is 11.7 Å². The Morgan fingerprint density at radius 3 is 2.30 bits per heavy atom. The number of carbonyl (C=O) groups is 1. The maximum absolute atomic E-state index is 13.0. The van der Waals surface area contributed by atoms with Gasteiger partial charge in [0.25, 0.3) is 0 Å². The van der Waals surface area contributed by atoms with Gasteiger partial charge in [-0.25, -0.2) is 0 Å². The summed E-state index contributed by atoms with van der Waals surface area (Å²) in [6.45, 7) is 0. The van der Waals surface area contributed by atoms with E-state index in [1.807, 2.05) is 31.1 Å². The molecule has 27 heavy (non-hydrogen) atoms. The predicted molar refractivity (Wildman–Crippen MR) is 104 cm³/mol. The number of aldehydes is 1. The minimum absolute atomic E-state index is 0.0390. The third-order valence-corrected chi connectivity index (χ3v) is 5.43. The second-order valence-corrected chi connectivity index (χ2v) is 7.60. The van der Waals surface area contributed by atoms with Crippen molar-refractivity contribution in [2.24, 2.45) is 0 Å². The Labute approximate surface area is 158 Å². The summed E-state index contributed by atoms with van der Waals surface area (Å²) in [5.74, 6) is 0.182. The maximum Gasteiger partial charge on any atom is 0.339 e. The smallest absolute Gasteiger partial charge is 0.339 e. The highest BCUT2D eigenvalue weighted by atomic mass is 32.2. The zero-order valence-corrected chi connectivity index (χ0v) is 16.0. The topological polar surface area (TPSA) is 72.9 Å². The monoisotopic (exact) mass is 385 g/mol. The molecular weight excluding hydrogens is 366 g/mol. The summed E-state index contributed by atoms with van der Waals surface area (Å²) in [6.07, 6.45) is 0.611. The maximum atomic E-state index is 13.0. The molecule has 0 saturated carbocycles. The number of carbonyl (C=O) groups excluding carboxylic acids is 1. The van der Waals surface area contributed by atoms with Crippen LogP contribution in [0.2, 0.25) is 0 Å². The normalized spacial score (nSPS) is 11.2. The number of rotatable bonds is 6. The molecule has 6 nitrogen and oxygen atoms in total. The average molecular weight is 385 g/mol. The van der Waals surface area contributed by atoms with E-state index < -0.39 is 10.1 Å². The molecule has 0 saturated heterocycles. The molecule has 7 heteroatoms. The summed E-state index contributed by atoms with van der Waals surface area (Å²) >= 11 is 0. The van der Waals surface area contributed by atoms with Crippen LogP contribution in [0.3, 0.4) is 0 Å². The first-order valence-electron chi connectivity index (χ1n) is 8.14. The minimum atomic E-state index is -4.15. The molecule has 0 spiro atoms. The van der Waals surface area contributed by atoms with E-state index in [0.717, 1.165) is 11.1 Å². The van der Waals surface area contributed by atoms with Gasteiger partial charge in [0.05, 0.1) is 7.11 Å². The van der Waals surface area contributed by atoms with Crippen molar-refractivity contribution in [3.05, 3.63) is 60.2 Å². The van der Waals surface area contributed by atoms with Crippen molar-refractivity contribution < 1.29 is 22.1 Å². The van der Waals surface area contributed by atoms with Gasteiger partial charge in [-0.2, -0.15) is 8.42 Å². The number of fused-ring (bicyclic) bond motifs is 1. The molecule has 0 N–H and O–H groups in total. The zero-order valence-electron chi connectivity index (χ0n) is 15.2. The summed E-state index contributed by atoms with van der Waals surface area (Å²) in [6, 6.07) is 14.8. The first kappa shape index (κ1) is 18.7. The number of methoxy groups -OCH3 is 1. The Balaban J connectivity index is 2.14. The van der Waals surface area contributed by atoms with Gasteiger partial charge in [-0.1, -0.05) is 24.3 Å². The van der Waals surface area contributed by atoms with Gasteiger partial charge in [0.15, 0.2) is 11.5 Å². The Morgan fingerprint density at radius 2 is 1.63 bits per heavy atom. The Morgan fingerprint density at radius 1 is 0.926 bits per heavy atom. The molecule has 0 aliphatic rings. The molecule has 0 bridgehead atoms. The van der Waals surface area contributed by atoms with Crippen molar-refractivity contribution in [1.82, 2.24) is 0 Å². The zero-order chi connectivity index (χ0) is 19.6. The average Bonchev–Trinajstić information content (AvgIpc) is 2.66. The Kier molecular flexibility index (Phi) is 5.05. The summed E-state index contributed by atoms with van der Waals surface area (Å²) in [7, 11) is 1.03. The molecule has 140 valence electrons. The van der Waals surface area contributed by atoms with Crippen molar-refractivity contribution in [2.45, 2.75) is 4.90 Å². The second kappa shape index (κ2) is 7.28. The standard InChI is InChI=1S/C20H19NO5S/c1-21(2)17-8-4-7-16-15(17)6-5-9-20(16)27(23,24)26-19-12-14(13-22)10-11-18(19)25-3/h4-13H,1-3H3. The van der Waals surface area contributed by atoms with E-state index in [1.54, 1.807) is 18.2 Å². The molecule has 0 aliphatic carbocycles. The first-order chi connectivity index (χ1) is 12.9. The molecule has 0 unspecified atom stereocenters. The third kappa shape index (κ3) is 3.59. The van der Waals surface area contributed by atoms with E-state index in [9.17, 15) is 13.2 Å². The van der Waals surface area contributed by atoms with Crippen molar-refractivity contribution in [2.75, 3.05) is 26.1 Å². The van der Waals surface area contributed by atoms with Gasteiger partial charge in [-0.05, 0) is 30.3 Å². The van der Waals surface area contributed by atoms with Crippen molar-refractivity contribution in [3.8, 4) is 11.5 Å². The lowest BCUT2D eigenvalue weighted by Crippen LogP contribution is -2.12. The summed E-state index contributed by atoms with van der Waals surface area (Å²) in [4.78, 5) is 13.0. The number of nitrogens with zero attached hydrogens (tertiary/aromatic N) is 1. The van der Waals surface area contributed by atoms with Gasteiger partial charge < -0.3 is 13.8 Å². The van der Waals surface area contributed by atoms with Crippen LogP contribution in [0.1, 0.15) is 10.4 Å². The number of anilines is 1. The van der Waals surface area contributed by atoms with Crippen molar-refractivity contribution >= 4 is 32.9 Å². The van der Waals surface area contributed by atoms with Crippen LogP contribution in [0.5, 0.6) is 11.5 Å². The molecule has 0 atom stereocenters. The molecule has 0 amide bonds. The molecule has 3 rings (SSSR count). The van der Waals surface area contributed by atoms with E-state index in [4.69, 9.17) is 8.92 Å². The second-order valence-electron chi connectivity index (χ2n) is 6.09.